The Labute approximate surface area is 191 Å². The zero-order valence-electron chi connectivity index (χ0n) is 17.5. The van der Waals surface area contributed by atoms with Crippen molar-refractivity contribution in [3.8, 4) is 5.75 Å². The number of thioether (sulfide) groups is 1. The number of nitrogens with one attached hydrogen (secondary N) is 3. The summed E-state index contributed by atoms with van der Waals surface area (Å²) in [5.74, 6) is -1.27. The van der Waals surface area contributed by atoms with E-state index >= 15 is 0 Å². The molecule has 0 fully saturated rings. The molecule has 0 aliphatic carbocycles. The van der Waals surface area contributed by atoms with Gasteiger partial charge >= 0.3 is 0 Å². The van der Waals surface area contributed by atoms with E-state index in [0.717, 1.165) is 12.1 Å². The largest absolute Gasteiger partial charge is 0.508 e. The van der Waals surface area contributed by atoms with Crippen LogP contribution >= 0.6 is 11.8 Å². The van der Waals surface area contributed by atoms with Gasteiger partial charge in [-0.15, -0.1) is 0 Å². The molecule has 2 aromatic rings. The van der Waals surface area contributed by atoms with Crippen LogP contribution in [0.15, 0.2) is 53.4 Å². The highest BCUT2D eigenvalue weighted by molar-refractivity contribution is 7.98. The highest BCUT2D eigenvalue weighted by atomic mass is 32.2. The number of hydrogen-bond acceptors (Lipinski definition) is 6. The van der Waals surface area contributed by atoms with Crippen LogP contribution in [0.3, 0.4) is 0 Å². The standard InChI is InChI=1S/C21H26FN3O5S2/c1-31-13-10-18(25-32(29,30)19-9-3-2-8-17(19)22)21(28)24-12-5-11-23-20(27)15-6-4-7-16(26)14-15/h2-4,6-9,14,18,25-26H,5,10-13H2,1H3,(H,23,27)(H,24,28). The van der Waals surface area contributed by atoms with Gasteiger partial charge in [-0.2, -0.15) is 16.5 Å². The Morgan fingerprint density at radius 3 is 2.50 bits per heavy atom. The van der Waals surface area contributed by atoms with Crippen molar-refractivity contribution < 1.29 is 27.5 Å². The first kappa shape index (κ1) is 25.6. The van der Waals surface area contributed by atoms with Crippen LogP contribution in [0.5, 0.6) is 5.75 Å². The van der Waals surface area contributed by atoms with Gasteiger partial charge in [-0.05, 0) is 55.2 Å². The first-order valence-electron chi connectivity index (χ1n) is 9.85. The first-order valence-corrected chi connectivity index (χ1v) is 12.7. The number of hydrogen-bond donors (Lipinski definition) is 4. The van der Waals surface area contributed by atoms with Crippen molar-refractivity contribution in [1.29, 1.82) is 0 Å². The Bertz CT molecular complexity index is 1030. The molecule has 0 bridgehead atoms. The lowest BCUT2D eigenvalue weighted by Crippen LogP contribution is -2.47. The molecule has 2 rings (SSSR count). The normalized spacial score (nSPS) is 12.2. The SMILES string of the molecule is CSCCC(NS(=O)(=O)c1ccccc1F)C(=O)NCCCNC(=O)c1cccc(O)c1. The minimum Gasteiger partial charge on any atom is -0.508 e. The van der Waals surface area contributed by atoms with Crippen molar-refractivity contribution in [2.45, 2.75) is 23.8 Å². The molecule has 0 spiro atoms. The second-order valence-electron chi connectivity index (χ2n) is 6.84. The van der Waals surface area contributed by atoms with Crippen LogP contribution in [0.25, 0.3) is 0 Å². The number of phenols is 1. The van der Waals surface area contributed by atoms with Gasteiger partial charge in [0.2, 0.25) is 15.9 Å². The molecule has 0 radical (unpaired) electrons. The summed E-state index contributed by atoms with van der Waals surface area (Å²) in [7, 11) is -4.22. The van der Waals surface area contributed by atoms with E-state index in [4.69, 9.17) is 0 Å². The lowest BCUT2D eigenvalue weighted by Gasteiger charge is -2.18. The molecule has 4 N–H and O–H groups in total. The zero-order chi connectivity index (χ0) is 23.6. The highest BCUT2D eigenvalue weighted by Gasteiger charge is 2.27. The van der Waals surface area contributed by atoms with Gasteiger partial charge in [0, 0.05) is 18.7 Å². The van der Waals surface area contributed by atoms with Crippen LogP contribution < -0.4 is 15.4 Å². The Hall–Kier alpha value is -2.63. The number of amides is 2. The predicted octanol–water partition coefficient (Wildman–Crippen LogP) is 1.87. The number of benzene rings is 2. The Morgan fingerprint density at radius 1 is 1.09 bits per heavy atom. The Morgan fingerprint density at radius 2 is 1.81 bits per heavy atom. The van der Waals surface area contributed by atoms with Crippen molar-refractivity contribution in [2.75, 3.05) is 25.1 Å². The Kier molecular flexibility index (Phi) is 9.95. The van der Waals surface area contributed by atoms with Crippen molar-refractivity contribution in [3.63, 3.8) is 0 Å². The van der Waals surface area contributed by atoms with Gasteiger partial charge in [0.05, 0.1) is 0 Å². The monoisotopic (exact) mass is 483 g/mol. The predicted molar refractivity (Wildman–Crippen MR) is 122 cm³/mol. The minimum absolute atomic E-state index is 0.0148. The molecule has 0 aliphatic rings. The molecule has 0 saturated carbocycles. The Balaban J connectivity index is 1.87. The fraction of sp³-hybridized carbons (Fsp3) is 0.333. The van der Waals surface area contributed by atoms with Crippen molar-refractivity contribution >= 4 is 33.6 Å². The molecule has 0 heterocycles. The summed E-state index contributed by atoms with van der Waals surface area (Å²) in [5, 5.41) is 14.7. The molecule has 32 heavy (non-hydrogen) atoms. The van der Waals surface area contributed by atoms with Crippen LogP contribution in [0.1, 0.15) is 23.2 Å². The summed E-state index contributed by atoms with van der Waals surface area (Å²) in [5.41, 5.74) is 0.314. The fourth-order valence-electron chi connectivity index (χ4n) is 2.77. The molecule has 0 aliphatic heterocycles. The molecule has 0 saturated heterocycles. The van der Waals surface area contributed by atoms with E-state index < -0.39 is 32.7 Å². The maximum atomic E-state index is 13.9. The van der Waals surface area contributed by atoms with Gasteiger partial charge < -0.3 is 15.7 Å². The van der Waals surface area contributed by atoms with E-state index in [0.29, 0.717) is 17.7 Å². The van der Waals surface area contributed by atoms with E-state index in [9.17, 15) is 27.5 Å². The highest BCUT2D eigenvalue weighted by Crippen LogP contribution is 2.15. The number of sulfonamides is 1. The van der Waals surface area contributed by atoms with Crippen molar-refractivity contribution in [3.05, 3.63) is 59.9 Å². The van der Waals surface area contributed by atoms with Gasteiger partial charge in [0.25, 0.3) is 5.91 Å². The third-order valence-corrected chi connectivity index (χ3v) is 6.55. The number of aromatic hydroxyl groups is 1. The molecule has 8 nitrogen and oxygen atoms in total. The number of halogens is 1. The number of phenolic OH excluding ortho intramolecular Hbond substituents is 1. The average Bonchev–Trinajstić information content (AvgIpc) is 2.76. The van der Waals surface area contributed by atoms with Crippen LogP contribution in [0, 0.1) is 5.82 Å². The quantitative estimate of drug-likeness (QED) is 0.342. The zero-order valence-corrected chi connectivity index (χ0v) is 19.1. The molecule has 2 amide bonds. The second-order valence-corrected chi connectivity index (χ2v) is 9.50. The van der Waals surface area contributed by atoms with Gasteiger partial charge in [-0.25, -0.2) is 12.8 Å². The molecule has 0 aromatic heterocycles. The maximum Gasteiger partial charge on any atom is 0.251 e. The van der Waals surface area contributed by atoms with Gasteiger partial charge in [-0.3, -0.25) is 9.59 Å². The second kappa shape index (κ2) is 12.4. The van der Waals surface area contributed by atoms with Crippen LogP contribution in [0.4, 0.5) is 4.39 Å². The van der Waals surface area contributed by atoms with Crippen molar-refractivity contribution in [2.24, 2.45) is 0 Å². The summed E-state index contributed by atoms with van der Waals surface area (Å²) in [6.45, 7) is 0.474. The van der Waals surface area contributed by atoms with Crippen LogP contribution in [-0.2, 0) is 14.8 Å². The average molecular weight is 484 g/mol. The fourth-order valence-corrected chi connectivity index (χ4v) is 4.55. The smallest absolute Gasteiger partial charge is 0.251 e. The molecule has 11 heteroatoms. The number of rotatable bonds is 12. The first-order chi connectivity index (χ1) is 15.2. The van der Waals surface area contributed by atoms with E-state index in [2.05, 4.69) is 15.4 Å². The maximum absolute atomic E-state index is 13.9. The van der Waals surface area contributed by atoms with Gasteiger partial charge in [0.1, 0.15) is 22.5 Å². The third-order valence-electron chi connectivity index (χ3n) is 4.40. The van der Waals surface area contributed by atoms with Crippen molar-refractivity contribution in [1.82, 2.24) is 15.4 Å². The van der Waals surface area contributed by atoms with E-state index in [1.165, 1.54) is 36.0 Å². The van der Waals surface area contributed by atoms with Crippen LogP contribution in [0.2, 0.25) is 0 Å². The lowest BCUT2D eigenvalue weighted by molar-refractivity contribution is -0.122. The summed E-state index contributed by atoms with van der Waals surface area (Å²) in [6, 6.07) is 9.82. The van der Waals surface area contributed by atoms with Gasteiger partial charge in [0.15, 0.2) is 0 Å². The third kappa shape index (κ3) is 7.81. The summed E-state index contributed by atoms with van der Waals surface area (Å²) in [6.07, 6.45) is 2.47. The molecular formula is C21H26FN3O5S2. The number of carbonyl (C=O) groups is 2. The minimum atomic E-state index is -4.22. The summed E-state index contributed by atoms with van der Waals surface area (Å²) >= 11 is 1.45. The van der Waals surface area contributed by atoms with E-state index in [1.807, 2.05) is 6.26 Å². The molecule has 2 aromatic carbocycles. The van der Waals surface area contributed by atoms with E-state index in [-0.39, 0.29) is 31.2 Å². The topological polar surface area (TPSA) is 125 Å². The van der Waals surface area contributed by atoms with Crippen LogP contribution in [-0.4, -0.2) is 56.5 Å². The molecule has 1 atom stereocenters. The summed E-state index contributed by atoms with van der Waals surface area (Å²) < 4.78 is 41.3. The number of carbonyl (C=O) groups excluding carboxylic acids is 2. The molecule has 1 unspecified atom stereocenters. The van der Waals surface area contributed by atoms with Gasteiger partial charge in [-0.1, -0.05) is 18.2 Å². The molecule has 174 valence electrons. The summed E-state index contributed by atoms with van der Waals surface area (Å²) in [4.78, 5) is 24.0. The lowest BCUT2D eigenvalue weighted by atomic mass is 10.2. The molecular weight excluding hydrogens is 457 g/mol. The van der Waals surface area contributed by atoms with E-state index in [1.54, 1.807) is 12.1 Å².